The second kappa shape index (κ2) is 70.0. The van der Waals surface area contributed by atoms with E-state index in [1.807, 2.05) is 0 Å². The summed E-state index contributed by atoms with van der Waals surface area (Å²) >= 11 is 0. The summed E-state index contributed by atoms with van der Waals surface area (Å²) in [6, 6.07) is 0. The van der Waals surface area contributed by atoms with Crippen LogP contribution in [-0.2, 0) is 32.7 Å². The molecule has 3 N–H and O–H groups in total. The van der Waals surface area contributed by atoms with Crippen molar-refractivity contribution in [1.82, 2.24) is 0 Å². The summed E-state index contributed by atoms with van der Waals surface area (Å²) in [5.74, 6) is -0.816. The summed E-state index contributed by atoms with van der Waals surface area (Å²) in [6.07, 6.45) is 95.0. The number of esters is 2. The number of carbonyl (C=O) groups is 2. The Hall–Kier alpha value is -3.07. The van der Waals surface area contributed by atoms with Crippen LogP contribution in [0.2, 0.25) is 0 Å². The molecule has 492 valence electrons. The summed E-state index contributed by atoms with van der Waals surface area (Å²) in [4.78, 5) is 35.4. The summed E-state index contributed by atoms with van der Waals surface area (Å²) in [5, 5.41) is 0. The lowest BCUT2D eigenvalue weighted by Gasteiger charge is -2.19. The summed E-state index contributed by atoms with van der Waals surface area (Å²) in [7, 11) is -4.40. The molecule has 0 saturated carbocycles. The maximum atomic E-state index is 12.8. The molecule has 9 nitrogen and oxygen atoms in total. The van der Waals surface area contributed by atoms with Crippen molar-refractivity contribution in [2.24, 2.45) is 5.73 Å². The van der Waals surface area contributed by atoms with Crippen LogP contribution in [0.3, 0.4) is 0 Å². The average Bonchev–Trinajstić information content (AvgIpc) is 3.52. The van der Waals surface area contributed by atoms with Crippen LogP contribution in [0, 0.1) is 0 Å². The first-order chi connectivity index (χ1) is 41.8. The smallest absolute Gasteiger partial charge is 0.462 e. The third-order valence-corrected chi connectivity index (χ3v) is 16.4. The van der Waals surface area contributed by atoms with E-state index < -0.39 is 26.5 Å². The third-order valence-electron chi connectivity index (χ3n) is 15.5. The molecule has 0 fully saturated rings. The largest absolute Gasteiger partial charge is 0.472 e. The first kappa shape index (κ1) is 81.9. The van der Waals surface area contributed by atoms with Gasteiger partial charge >= 0.3 is 19.8 Å². The number of phosphoric ester groups is 1. The second-order valence-electron chi connectivity index (χ2n) is 23.7. The molecule has 2 unspecified atom stereocenters. The fraction of sp³-hybridized carbons (Fsp3) is 0.760. The van der Waals surface area contributed by atoms with E-state index in [2.05, 4.69) is 111 Å². The first-order valence-corrected chi connectivity index (χ1v) is 37.2. The molecule has 85 heavy (non-hydrogen) atoms. The monoisotopic (exact) mass is 1210 g/mol. The van der Waals surface area contributed by atoms with Crippen LogP contribution in [0.1, 0.15) is 335 Å². The van der Waals surface area contributed by atoms with Crippen molar-refractivity contribution in [2.45, 2.75) is 341 Å². The minimum atomic E-state index is -4.40. The van der Waals surface area contributed by atoms with Crippen LogP contribution < -0.4 is 5.73 Å². The molecule has 0 spiro atoms. The van der Waals surface area contributed by atoms with Crippen LogP contribution in [0.25, 0.3) is 0 Å². The van der Waals surface area contributed by atoms with Gasteiger partial charge in [0.05, 0.1) is 13.2 Å². The number of ether oxygens (including phenoxy) is 2. The Bertz CT molecular complexity index is 1720. The number of carbonyl (C=O) groups excluding carboxylic acids is 2. The zero-order chi connectivity index (χ0) is 61.6. The summed E-state index contributed by atoms with van der Waals surface area (Å²) < 4.78 is 33.2. The van der Waals surface area contributed by atoms with Gasteiger partial charge in [0.2, 0.25) is 0 Å². The number of unbranched alkanes of at least 4 members (excludes halogenated alkanes) is 38. The zero-order valence-electron chi connectivity index (χ0n) is 55.3. The van der Waals surface area contributed by atoms with Crippen molar-refractivity contribution >= 4 is 19.8 Å². The minimum absolute atomic E-state index is 0.0520. The van der Waals surface area contributed by atoms with Crippen LogP contribution in [0.5, 0.6) is 0 Å². The second-order valence-corrected chi connectivity index (χ2v) is 25.2. The number of hydrogen-bond donors (Lipinski definition) is 2. The average molecular weight is 1210 g/mol. The highest BCUT2D eigenvalue weighted by atomic mass is 31.2. The van der Waals surface area contributed by atoms with Gasteiger partial charge in [0.1, 0.15) is 6.61 Å². The SMILES string of the molecule is CC/C=C\C/C=C\C/C=C\C/C=C\C/C=C\C/C=C\C/C=C\CCCCCCCCCCCCCCCCCC(=O)OC(COC(=O)CCCCCCCCCCCCCCCCC/C=C\CCCCCCCCCC)COP(=O)(O)OCCN. The molecule has 0 heterocycles. The molecule has 0 amide bonds. The lowest BCUT2D eigenvalue weighted by atomic mass is 10.0. The number of nitrogens with two attached hydrogens (primary N) is 1. The number of phosphoric acid groups is 1. The standard InChI is InChI=1S/C75H134NO8P/c1-3-5-7-9-11-13-15-17-19-21-23-25-27-29-31-32-33-34-35-36-37-38-39-40-42-44-46-48-50-52-54-56-58-60-62-64-66-68-75(78)84-73(72-83-85(79,80)82-70-69-76)71-81-74(77)67-65-63-61-59-57-55-53-51-49-47-45-43-41-30-28-26-24-22-20-18-16-14-12-10-8-6-4-2/h5,7,11,13,17,19,22-25,29,31,33-34,36-37,73H,3-4,6,8-10,12,14-16,18,20-21,26-28,30,32,35,38-72,76H2,1-2H3,(H,79,80)/b7-5-,13-11-,19-17-,24-22-,25-23-,31-29-,34-33-,37-36-. The fourth-order valence-electron chi connectivity index (χ4n) is 10.2. The first-order valence-electron chi connectivity index (χ1n) is 35.7. The van der Waals surface area contributed by atoms with E-state index >= 15 is 0 Å². The normalized spacial score (nSPS) is 13.5. The Kier molecular flexibility index (Phi) is 67.5. The molecule has 2 atom stereocenters. The number of allylic oxidation sites excluding steroid dienone is 16. The van der Waals surface area contributed by atoms with E-state index in [1.165, 1.54) is 218 Å². The van der Waals surface area contributed by atoms with E-state index in [9.17, 15) is 19.0 Å². The van der Waals surface area contributed by atoms with Gasteiger partial charge in [0.25, 0.3) is 0 Å². The molecule has 0 radical (unpaired) electrons. The van der Waals surface area contributed by atoms with Gasteiger partial charge in [-0.2, -0.15) is 0 Å². The molecule has 0 rings (SSSR count). The fourth-order valence-corrected chi connectivity index (χ4v) is 11.0. The van der Waals surface area contributed by atoms with Crippen molar-refractivity contribution in [2.75, 3.05) is 26.4 Å². The Morgan fingerprint density at radius 2 is 0.647 bits per heavy atom. The van der Waals surface area contributed by atoms with Crippen molar-refractivity contribution in [3.05, 3.63) is 97.2 Å². The molecular formula is C75H134NO8P. The molecule has 0 saturated heterocycles. The van der Waals surface area contributed by atoms with Crippen LogP contribution in [-0.4, -0.2) is 49.3 Å². The van der Waals surface area contributed by atoms with Gasteiger partial charge in [0, 0.05) is 19.4 Å². The van der Waals surface area contributed by atoms with Gasteiger partial charge < -0.3 is 20.1 Å². The number of rotatable bonds is 67. The zero-order valence-corrected chi connectivity index (χ0v) is 56.2. The maximum absolute atomic E-state index is 12.8. The lowest BCUT2D eigenvalue weighted by molar-refractivity contribution is -0.161. The highest BCUT2D eigenvalue weighted by molar-refractivity contribution is 7.47. The lowest BCUT2D eigenvalue weighted by Crippen LogP contribution is -2.29. The Morgan fingerprint density at radius 3 is 0.976 bits per heavy atom. The molecule has 0 aliphatic carbocycles. The molecular weight excluding hydrogens is 1070 g/mol. The topological polar surface area (TPSA) is 134 Å². The molecule has 0 aliphatic heterocycles. The van der Waals surface area contributed by atoms with Gasteiger partial charge in [-0.3, -0.25) is 18.6 Å². The van der Waals surface area contributed by atoms with Gasteiger partial charge in [-0.05, 0) is 96.3 Å². The Balaban J connectivity index is 3.87. The molecule has 0 aromatic rings. The molecule has 0 aromatic heterocycles. The van der Waals surface area contributed by atoms with Gasteiger partial charge in [-0.25, -0.2) is 4.57 Å². The molecule has 0 bridgehead atoms. The van der Waals surface area contributed by atoms with E-state index in [0.717, 1.165) is 83.5 Å². The van der Waals surface area contributed by atoms with Crippen molar-refractivity contribution in [1.29, 1.82) is 0 Å². The molecule has 10 heteroatoms. The Morgan fingerprint density at radius 1 is 0.365 bits per heavy atom. The maximum Gasteiger partial charge on any atom is 0.472 e. The third kappa shape index (κ3) is 69.9. The quantitative estimate of drug-likeness (QED) is 0.0264. The van der Waals surface area contributed by atoms with Crippen molar-refractivity contribution < 1.29 is 37.6 Å². The van der Waals surface area contributed by atoms with E-state index in [1.54, 1.807) is 0 Å². The Labute approximate surface area is 525 Å². The van der Waals surface area contributed by atoms with Crippen molar-refractivity contribution in [3.63, 3.8) is 0 Å². The van der Waals surface area contributed by atoms with E-state index in [0.29, 0.717) is 6.42 Å². The predicted octanol–water partition coefficient (Wildman–Crippen LogP) is 23.5. The number of hydrogen-bond acceptors (Lipinski definition) is 8. The van der Waals surface area contributed by atoms with Gasteiger partial charge in [-0.1, -0.05) is 323 Å². The molecule has 0 aromatic carbocycles. The van der Waals surface area contributed by atoms with Gasteiger partial charge in [-0.15, -0.1) is 0 Å². The summed E-state index contributed by atoms with van der Waals surface area (Å²) in [6.45, 7) is 3.67. The van der Waals surface area contributed by atoms with Crippen LogP contribution >= 0.6 is 7.82 Å². The highest BCUT2D eigenvalue weighted by Crippen LogP contribution is 2.43. The van der Waals surface area contributed by atoms with Crippen LogP contribution in [0.15, 0.2) is 97.2 Å². The molecule has 0 aliphatic rings. The highest BCUT2D eigenvalue weighted by Gasteiger charge is 2.26. The predicted molar refractivity (Wildman–Crippen MR) is 367 cm³/mol. The van der Waals surface area contributed by atoms with E-state index in [4.69, 9.17) is 24.3 Å². The minimum Gasteiger partial charge on any atom is -0.462 e. The van der Waals surface area contributed by atoms with E-state index in [-0.39, 0.29) is 38.6 Å². The van der Waals surface area contributed by atoms with Crippen LogP contribution in [0.4, 0.5) is 0 Å². The van der Waals surface area contributed by atoms with Gasteiger partial charge in [0.15, 0.2) is 6.10 Å². The summed E-state index contributed by atoms with van der Waals surface area (Å²) in [5.41, 5.74) is 5.40. The van der Waals surface area contributed by atoms with Crippen molar-refractivity contribution in [3.8, 4) is 0 Å².